The molecule has 0 atom stereocenters. The molecule has 0 heterocycles. The van der Waals surface area contributed by atoms with Gasteiger partial charge in [-0.05, 0) is 85.3 Å². The number of oxime groups is 1. The van der Waals surface area contributed by atoms with E-state index in [1.807, 2.05) is 37.3 Å². The molecule has 3 nitrogen and oxygen atoms in total. The highest BCUT2D eigenvalue weighted by Gasteiger charge is 2.51. The topological polar surface area (TPSA) is 38.7 Å². The third kappa shape index (κ3) is 4.17. The fourth-order valence-electron chi connectivity index (χ4n) is 6.81. The largest absolute Gasteiger partial charge is 0.335 e. The van der Waals surface area contributed by atoms with Crippen molar-refractivity contribution in [1.29, 1.82) is 0 Å². The van der Waals surface area contributed by atoms with Crippen LogP contribution in [0.3, 0.4) is 0 Å². The maximum atomic E-state index is 14.0. The molecule has 4 aliphatic carbocycles. The SMILES string of the molecule is CC/C(=N/OC(=O)CC12CC3CC(CC(C3)C1)C2)c1ccc(-c2ccccc2F)cc1. The molecule has 0 radical (unpaired) electrons. The number of carbonyl (C=O) groups excluding carboxylic acids is 1. The van der Waals surface area contributed by atoms with Crippen molar-refractivity contribution in [3.8, 4) is 11.1 Å². The van der Waals surface area contributed by atoms with Gasteiger partial charge in [0.15, 0.2) is 0 Å². The van der Waals surface area contributed by atoms with Crippen molar-refractivity contribution in [1.82, 2.24) is 0 Å². The summed E-state index contributed by atoms with van der Waals surface area (Å²) in [5.74, 6) is 2.03. The number of hydrogen-bond donors (Lipinski definition) is 0. The summed E-state index contributed by atoms with van der Waals surface area (Å²) >= 11 is 0. The lowest BCUT2D eigenvalue weighted by Gasteiger charge is -2.56. The van der Waals surface area contributed by atoms with Gasteiger partial charge in [0, 0.05) is 5.56 Å². The third-order valence-corrected chi connectivity index (χ3v) is 7.68. The molecule has 4 saturated carbocycles. The van der Waals surface area contributed by atoms with Gasteiger partial charge in [-0.2, -0.15) is 0 Å². The zero-order valence-corrected chi connectivity index (χ0v) is 18.1. The molecule has 0 amide bonds. The highest BCUT2D eigenvalue weighted by molar-refractivity contribution is 6.00. The Labute approximate surface area is 183 Å². The van der Waals surface area contributed by atoms with Crippen molar-refractivity contribution in [2.75, 3.05) is 0 Å². The third-order valence-electron chi connectivity index (χ3n) is 7.68. The number of halogens is 1. The quantitative estimate of drug-likeness (QED) is 0.295. The van der Waals surface area contributed by atoms with E-state index < -0.39 is 0 Å². The molecule has 0 unspecified atom stereocenters. The highest BCUT2D eigenvalue weighted by Crippen LogP contribution is 2.61. The normalized spacial score (nSPS) is 29.2. The van der Waals surface area contributed by atoms with Crippen LogP contribution < -0.4 is 0 Å². The first kappa shape index (κ1) is 20.4. The Morgan fingerprint density at radius 1 is 1.00 bits per heavy atom. The number of carbonyl (C=O) groups is 1. The van der Waals surface area contributed by atoms with Crippen molar-refractivity contribution >= 4 is 11.7 Å². The van der Waals surface area contributed by atoms with E-state index in [2.05, 4.69) is 5.16 Å². The molecule has 0 saturated heterocycles. The van der Waals surface area contributed by atoms with Crippen LogP contribution in [0.5, 0.6) is 0 Å². The van der Waals surface area contributed by atoms with Gasteiger partial charge in [0.2, 0.25) is 0 Å². The number of benzene rings is 2. The van der Waals surface area contributed by atoms with E-state index in [1.165, 1.54) is 44.6 Å². The molecule has 0 aliphatic heterocycles. The van der Waals surface area contributed by atoms with Crippen LogP contribution in [0.15, 0.2) is 53.7 Å². The van der Waals surface area contributed by atoms with E-state index >= 15 is 0 Å². The highest BCUT2D eigenvalue weighted by atomic mass is 19.1. The Morgan fingerprint density at radius 2 is 1.61 bits per heavy atom. The van der Waals surface area contributed by atoms with Gasteiger partial charge < -0.3 is 4.84 Å². The van der Waals surface area contributed by atoms with Gasteiger partial charge in [-0.3, -0.25) is 0 Å². The summed E-state index contributed by atoms with van der Waals surface area (Å²) in [5, 5.41) is 4.22. The minimum Gasteiger partial charge on any atom is -0.318 e. The Morgan fingerprint density at radius 3 is 2.19 bits per heavy atom. The van der Waals surface area contributed by atoms with Gasteiger partial charge in [-0.15, -0.1) is 0 Å². The van der Waals surface area contributed by atoms with Gasteiger partial charge in [0.05, 0.1) is 12.1 Å². The summed E-state index contributed by atoms with van der Waals surface area (Å²) in [6, 6.07) is 14.3. The van der Waals surface area contributed by atoms with Crippen LogP contribution in [0, 0.1) is 29.0 Å². The monoisotopic (exact) mass is 419 g/mol. The van der Waals surface area contributed by atoms with Crippen LogP contribution >= 0.6 is 0 Å². The Balaban J connectivity index is 1.25. The van der Waals surface area contributed by atoms with Crippen LogP contribution in [0.1, 0.15) is 63.9 Å². The summed E-state index contributed by atoms with van der Waals surface area (Å²) in [5.41, 5.74) is 3.18. The van der Waals surface area contributed by atoms with Gasteiger partial charge in [-0.25, -0.2) is 9.18 Å². The molecule has 31 heavy (non-hydrogen) atoms. The summed E-state index contributed by atoms with van der Waals surface area (Å²) in [6.45, 7) is 2.00. The minimum absolute atomic E-state index is 0.162. The molecular formula is C27H30FNO2. The minimum atomic E-state index is -0.238. The van der Waals surface area contributed by atoms with E-state index in [9.17, 15) is 9.18 Å². The molecule has 4 aliphatic rings. The molecule has 2 aromatic rings. The molecule has 2 aromatic carbocycles. The smallest absolute Gasteiger partial charge is 0.318 e. The average molecular weight is 420 g/mol. The van der Waals surface area contributed by atoms with Gasteiger partial charge >= 0.3 is 5.97 Å². The van der Waals surface area contributed by atoms with E-state index in [0.29, 0.717) is 18.4 Å². The molecule has 6 rings (SSSR count). The second kappa shape index (κ2) is 8.22. The molecule has 4 bridgehead atoms. The van der Waals surface area contributed by atoms with Crippen LogP contribution in [-0.4, -0.2) is 11.7 Å². The maximum absolute atomic E-state index is 14.0. The summed E-state index contributed by atoms with van der Waals surface area (Å²) in [6.07, 6.45) is 8.84. The lowest BCUT2D eigenvalue weighted by molar-refractivity contribution is -0.152. The van der Waals surface area contributed by atoms with Crippen molar-refractivity contribution in [3.63, 3.8) is 0 Å². The molecular weight excluding hydrogens is 389 g/mol. The second-order valence-electron chi connectivity index (χ2n) is 10.0. The predicted molar refractivity (Wildman–Crippen MR) is 120 cm³/mol. The lowest BCUT2D eigenvalue weighted by atomic mass is 9.49. The van der Waals surface area contributed by atoms with Crippen LogP contribution in [0.4, 0.5) is 4.39 Å². The number of nitrogens with zero attached hydrogens (tertiary/aromatic N) is 1. The van der Waals surface area contributed by atoms with Gasteiger partial charge in [-0.1, -0.05) is 54.5 Å². The summed E-state index contributed by atoms with van der Waals surface area (Å²) in [7, 11) is 0. The van der Waals surface area contributed by atoms with Gasteiger partial charge in [0.1, 0.15) is 5.82 Å². The second-order valence-corrected chi connectivity index (χ2v) is 10.0. The van der Waals surface area contributed by atoms with Gasteiger partial charge in [0.25, 0.3) is 0 Å². The first-order valence-electron chi connectivity index (χ1n) is 11.7. The first-order chi connectivity index (χ1) is 15.0. The van der Waals surface area contributed by atoms with Crippen molar-refractivity contribution in [2.24, 2.45) is 28.3 Å². The predicted octanol–water partition coefficient (Wildman–Crippen LogP) is 6.76. The molecule has 162 valence electrons. The summed E-state index contributed by atoms with van der Waals surface area (Å²) < 4.78 is 14.0. The van der Waals surface area contributed by atoms with E-state index in [-0.39, 0.29) is 17.2 Å². The van der Waals surface area contributed by atoms with Crippen LogP contribution in [0.2, 0.25) is 0 Å². The van der Waals surface area contributed by atoms with Crippen LogP contribution in [0.25, 0.3) is 11.1 Å². The van der Waals surface area contributed by atoms with Crippen molar-refractivity contribution in [2.45, 2.75) is 58.3 Å². The standard InChI is InChI=1S/C27H30FNO2/c1-2-25(22-9-7-21(8-10-22)23-5-3-4-6-24(23)28)29-31-26(30)17-27-14-18-11-19(15-27)13-20(12-18)16-27/h3-10,18-20H,2,11-17H2,1H3/b29-25-. The van der Waals surface area contributed by atoms with E-state index in [0.717, 1.165) is 34.6 Å². The van der Waals surface area contributed by atoms with E-state index in [1.54, 1.807) is 12.1 Å². The summed E-state index contributed by atoms with van der Waals surface area (Å²) in [4.78, 5) is 18.1. The Hall–Kier alpha value is -2.49. The maximum Gasteiger partial charge on any atom is 0.335 e. The zero-order valence-electron chi connectivity index (χ0n) is 18.1. The lowest BCUT2D eigenvalue weighted by Crippen LogP contribution is -2.46. The van der Waals surface area contributed by atoms with E-state index in [4.69, 9.17) is 4.84 Å². The molecule has 0 aromatic heterocycles. The first-order valence-corrected chi connectivity index (χ1v) is 11.7. The molecule has 4 heteroatoms. The number of rotatable bonds is 6. The molecule has 4 fully saturated rings. The fraction of sp³-hybridized carbons (Fsp3) is 0.481. The fourth-order valence-corrected chi connectivity index (χ4v) is 6.81. The average Bonchev–Trinajstić information content (AvgIpc) is 2.74. The number of hydrogen-bond acceptors (Lipinski definition) is 3. The Kier molecular flexibility index (Phi) is 5.41. The van der Waals surface area contributed by atoms with Crippen LogP contribution in [-0.2, 0) is 9.63 Å². The zero-order chi connectivity index (χ0) is 21.4. The van der Waals surface area contributed by atoms with Crippen molar-refractivity contribution < 1.29 is 14.0 Å². The Bertz CT molecular complexity index is 959. The molecule has 0 N–H and O–H groups in total. The molecule has 0 spiro atoms. The van der Waals surface area contributed by atoms with Crippen molar-refractivity contribution in [3.05, 3.63) is 59.9 Å².